The van der Waals surface area contributed by atoms with Crippen LogP contribution in [0.15, 0.2) is 30.3 Å². The molecule has 1 aliphatic rings. The van der Waals surface area contributed by atoms with Crippen LogP contribution in [0.5, 0.6) is 0 Å². The fraction of sp³-hybridized carbons (Fsp3) is 0.625. The Morgan fingerprint density at radius 1 is 1.15 bits per heavy atom. The lowest BCUT2D eigenvalue weighted by molar-refractivity contribution is -0.0507. The SMILES string of the molecule is CCN(CC(F)(F)c1ccccc1)C1CCC(N)CC1. The first-order valence-corrected chi connectivity index (χ1v) is 7.46. The Morgan fingerprint density at radius 2 is 1.75 bits per heavy atom. The number of halogens is 2. The second-order valence-electron chi connectivity index (χ2n) is 5.70. The molecule has 1 fully saturated rings. The molecule has 0 atom stereocenters. The molecule has 0 bridgehead atoms. The summed E-state index contributed by atoms with van der Waals surface area (Å²) in [6.45, 7) is 2.41. The third kappa shape index (κ3) is 3.76. The molecular weight excluding hydrogens is 258 g/mol. The van der Waals surface area contributed by atoms with Gasteiger partial charge in [-0.05, 0) is 32.2 Å². The highest BCUT2D eigenvalue weighted by atomic mass is 19.3. The Balaban J connectivity index is 2.02. The Kier molecular flexibility index (Phi) is 5.11. The van der Waals surface area contributed by atoms with E-state index in [9.17, 15) is 8.78 Å². The van der Waals surface area contributed by atoms with E-state index < -0.39 is 5.92 Å². The van der Waals surface area contributed by atoms with Gasteiger partial charge in [-0.3, -0.25) is 4.90 Å². The van der Waals surface area contributed by atoms with Crippen LogP contribution in [-0.2, 0) is 5.92 Å². The van der Waals surface area contributed by atoms with E-state index in [1.165, 1.54) is 12.1 Å². The Morgan fingerprint density at radius 3 is 2.30 bits per heavy atom. The van der Waals surface area contributed by atoms with E-state index in [1.807, 2.05) is 11.8 Å². The fourth-order valence-corrected chi connectivity index (χ4v) is 2.99. The van der Waals surface area contributed by atoms with Gasteiger partial charge in [0.1, 0.15) is 0 Å². The number of nitrogens with two attached hydrogens (primary N) is 1. The van der Waals surface area contributed by atoms with Crippen molar-refractivity contribution in [3.63, 3.8) is 0 Å². The van der Waals surface area contributed by atoms with Crippen LogP contribution in [0, 0.1) is 0 Å². The minimum atomic E-state index is -2.79. The van der Waals surface area contributed by atoms with Gasteiger partial charge in [-0.25, -0.2) is 0 Å². The molecular formula is C16H24F2N2. The van der Waals surface area contributed by atoms with E-state index in [2.05, 4.69) is 0 Å². The monoisotopic (exact) mass is 282 g/mol. The van der Waals surface area contributed by atoms with Crippen LogP contribution in [0.4, 0.5) is 8.78 Å². The second kappa shape index (κ2) is 6.64. The molecule has 2 nitrogen and oxygen atoms in total. The highest BCUT2D eigenvalue weighted by Gasteiger charge is 2.36. The van der Waals surface area contributed by atoms with E-state index >= 15 is 0 Å². The number of likely N-dealkylation sites (N-methyl/N-ethyl adjacent to an activating group) is 1. The lowest BCUT2D eigenvalue weighted by Crippen LogP contribution is -2.45. The summed E-state index contributed by atoms with van der Waals surface area (Å²) in [5.41, 5.74) is 5.99. The minimum absolute atomic E-state index is 0.103. The molecule has 0 amide bonds. The predicted octanol–water partition coefficient (Wildman–Crippen LogP) is 3.37. The van der Waals surface area contributed by atoms with Crippen LogP contribution in [0.1, 0.15) is 38.2 Å². The summed E-state index contributed by atoms with van der Waals surface area (Å²) in [5, 5.41) is 0. The van der Waals surface area contributed by atoms with Gasteiger partial charge in [0.05, 0.1) is 6.54 Å². The van der Waals surface area contributed by atoms with Gasteiger partial charge < -0.3 is 5.73 Å². The van der Waals surface area contributed by atoms with Crippen molar-refractivity contribution in [1.82, 2.24) is 4.90 Å². The van der Waals surface area contributed by atoms with Crippen molar-refractivity contribution in [2.75, 3.05) is 13.1 Å². The molecule has 0 radical (unpaired) electrons. The first-order chi connectivity index (χ1) is 9.53. The zero-order chi connectivity index (χ0) is 14.6. The number of benzene rings is 1. The van der Waals surface area contributed by atoms with E-state index in [0.717, 1.165) is 25.7 Å². The molecule has 2 rings (SSSR count). The zero-order valence-electron chi connectivity index (χ0n) is 12.1. The molecule has 1 aromatic carbocycles. The number of nitrogens with zero attached hydrogens (tertiary/aromatic N) is 1. The van der Waals surface area contributed by atoms with Crippen molar-refractivity contribution in [2.24, 2.45) is 5.73 Å². The molecule has 0 aliphatic heterocycles. The predicted molar refractivity (Wildman–Crippen MR) is 77.8 cm³/mol. The average molecular weight is 282 g/mol. The minimum Gasteiger partial charge on any atom is -0.328 e. The van der Waals surface area contributed by atoms with Crippen molar-refractivity contribution < 1.29 is 8.78 Å². The van der Waals surface area contributed by atoms with Gasteiger partial charge in [0.15, 0.2) is 0 Å². The molecule has 20 heavy (non-hydrogen) atoms. The Labute approximate surface area is 120 Å². The van der Waals surface area contributed by atoms with Gasteiger partial charge in [0.25, 0.3) is 5.92 Å². The van der Waals surface area contributed by atoms with Crippen LogP contribution in [0.2, 0.25) is 0 Å². The first kappa shape index (κ1) is 15.4. The molecule has 1 saturated carbocycles. The van der Waals surface area contributed by atoms with E-state index in [1.54, 1.807) is 18.2 Å². The molecule has 2 N–H and O–H groups in total. The summed E-state index contributed by atoms with van der Waals surface area (Å²) in [6, 6.07) is 8.60. The van der Waals surface area contributed by atoms with Crippen LogP contribution >= 0.6 is 0 Å². The lowest BCUT2D eigenvalue weighted by Gasteiger charge is -2.37. The van der Waals surface area contributed by atoms with Crippen LogP contribution in [0.3, 0.4) is 0 Å². The number of rotatable bonds is 5. The first-order valence-electron chi connectivity index (χ1n) is 7.46. The normalized spacial score (nSPS) is 24.1. The Bertz CT molecular complexity index is 400. The van der Waals surface area contributed by atoms with Crippen molar-refractivity contribution in [3.8, 4) is 0 Å². The van der Waals surface area contributed by atoms with Gasteiger partial charge in [-0.2, -0.15) is 8.78 Å². The van der Waals surface area contributed by atoms with Gasteiger partial charge in [0.2, 0.25) is 0 Å². The van der Waals surface area contributed by atoms with Crippen molar-refractivity contribution >= 4 is 0 Å². The summed E-state index contributed by atoms with van der Waals surface area (Å²) in [5.74, 6) is -2.79. The maximum absolute atomic E-state index is 14.4. The summed E-state index contributed by atoms with van der Waals surface area (Å²) >= 11 is 0. The summed E-state index contributed by atoms with van der Waals surface area (Å²) in [4.78, 5) is 1.92. The van der Waals surface area contributed by atoms with E-state index in [4.69, 9.17) is 5.73 Å². The summed E-state index contributed by atoms with van der Waals surface area (Å²) in [7, 11) is 0. The smallest absolute Gasteiger partial charge is 0.285 e. The quantitative estimate of drug-likeness (QED) is 0.897. The summed E-state index contributed by atoms with van der Waals surface area (Å²) < 4.78 is 28.7. The standard InChI is InChI=1S/C16H24F2N2/c1-2-20(15-10-8-14(19)9-11-15)12-16(17,18)13-6-4-3-5-7-13/h3-7,14-15H,2,8-12,19H2,1H3. The third-order valence-electron chi connectivity index (χ3n) is 4.26. The number of alkyl halides is 2. The van der Waals surface area contributed by atoms with Crippen molar-refractivity contribution in [2.45, 2.75) is 50.6 Å². The molecule has 4 heteroatoms. The second-order valence-corrected chi connectivity index (χ2v) is 5.70. The third-order valence-corrected chi connectivity index (χ3v) is 4.26. The maximum Gasteiger partial charge on any atom is 0.285 e. The molecule has 0 unspecified atom stereocenters. The maximum atomic E-state index is 14.4. The Hall–Kier alpha value is -1.00. The van der Waals surface area contributed by atoms with Gasteiger partial charge >= 0.3 is 0 Å². The number of hydrogen-bond donors (Lipinski definition) is 1. The fourth-order valence-electron chi connectivity index (χ4n) is 2.99. The van der Waals surface area contributed by atoms with Crippen molar-refractivity contribution in [1.29, 1.82) is 0 Å². The molecule has 0 heterocycles. The van der Waals surface area contributed by atoms with Gasteiger partial charge in [-0.15, -0.1) is 0 Å². The van der Waals surface area contributed by atoms with Gasteiger partial charge in [0, 0.05) is 17.6 Å². The van der Waals surface area contributed by atoms with E-state index in [0.29, 0.717) is 6.54 Å². The largest absolute Gasteiger partial charge is 0.328 e. The average Bonchev–Trinajstić information content (AvgIpc) is 2.47. The summed E-state index contributed by atoms with van der Waals surface area (Å²) in [6.07, 6.45) is 3.75. The van der Waals surface area contributed by atoms with Crippen LogP contribution < -0.4 is 5.73 Å². The van der Waals surface area contributed by atoms with Crippen molar-refractivity contribution in [3.05, 3.63) is 35.9 Å². The zero-order valence-corrected chi connectivity index (χ0v) is 12.1. The highest BCUT2D eigenvalue weighted by Crippen LogP contribution is 2.31. The lowest BCUT2D eigenvalue weighted by atomic mass is 9.90. The molecule has 0 spiro atoms. The number of hydrogen-bond acceptors (Lipinski definition) is 2. The molecule has 1 aromatic rings. The molecule has 0 aromatic heterocycles. The molecule has 112 valence electrons. The topological polar surface area (TPSA) is 29.3 Å². The van der Waals surface area contributed by atoms with E-state index in [-0.39, 0.29) is 24.2 Å². The van der Waals surface area contributed by atoms with Crippen LogP contribution in [0.25, 0.3) is 0 Å². The molecule has 1 aliphatic carbocycles. The molecule has 0 saturated heterocycles. The van der Waals surface area contributed by atoms with Crippen LogP contribution in [-0.4, -0.2) is 30.1 Å². The highest BCUT2D eigenvalue weighted by molar-refractivity contribution is 5.20. The van der Waals surface area contributed by atoms with Gasteiger partial charge in [-0.1, -0.05) is 37.3 Å².